The average molecular weight is 515 g/mol. The van der Waals surface area contributed by atoms with Crippen LogP contribution in [0.4, 0.5) is 0 Å². The van der Waals surface area contributed by atoms with Crippen LogP contribution in [0.2, 0.25) is 0 Å². The van der Waals surface area contributed by atoms with Crippen LogP contribution in [0, 0.1) is 0 Å². The molecule has 0 aromatic heterocycles. The van der Waals surface area contributed by atoms with Crippen LogP contribution in [-0.2, 0) is 16.0 Å². The van der Waals surface area contributed by atoms with Crippen LogP contribution in [0.5, 0.6) is 5.75 Å². The third-order valence-corrected chi connectivity index (χ3v) is 6.95. The van der Waals surface area contributed by atoms with E-state index in [-0.39, 0.29) is 24.5 Å². The third kappa shape index (κ3) is 7.32. The van der Waals surface area contributed by atoms with Gasteiger partial charge < -0.3 is 15.0 Å². The molecular weight excluding hydrogens is 480 g/mol. The van der Waals surface area contributed by atoms with Crippen LogP contribution >= 0.6 is 15.9 Å². The van der Waals surface area contributed by atoms with Gasteiger partial charge in [0.2, 0.25) is 5.91 Å². The van der Waals surface area contributed by atoms with Crippen LogP contribution in [0.15, 0.2) is 53.0 Å². The maximum Gasteiger partial charge on any atom is 0.261 e. The van der Waals surface area contributed by atoms with Crippen LogP contribution in [-0.4, -0.2) is 41.9 Å². The number of ether oxygens (including phenoxy) is 1. The Balaban J connectivity index is 1.67. The number of nitrogens with zero attached hydrogens (tertiary/aromatic N) is 1. The van der Waals surface area contributed by atoms with Crippen LogP contribution in [0.1, 0.15) is 63.5 Å². The van der Waals surface area contributed by atoms with Gasteiger partial charge >= 0.3 is 0 Å². The molecule has 3 rings (SSSR count). The topological polar surface area (TPSA) is 58.6 Å². The van der Waals surface area contributed by atoms with Gasteiger partial charge in [0, 0.05) is 12.6 Å². The van der Waals surface area contributed by atoms with Gasteiger partial charge in [0.25, 0.3) is 5.91 Å². The molecule has 178 valence electrons. The molecule has 33 heavy (non-hydrogen) atoms. The SMILES string of the molecule is CC(C)c1ccc(OCC(=O)N(CCc2ccccc2)C(C)C(=O)NC2CCCC2)c(Br)c1. The second-order valence-electron chi connectivity index (χ2n) is 9.12. The Morgan fingerprint density at radius 1 is 1.09 bits per heavy atom. The first-order valence-corrected chi connectivity index (χ1v) is 12.7. The lowest BCUT2D eigenvalue weighted by Gasteiger charge is -2.29. The molecule has 1 saturated carbocycles. The highest BCUT2D eigenvalue weighted by molar-refractivity contribution is 9.10. The summed E-state index contributed by atoms with van der Waals surface area (Å²) in [6, 6.07) is 15.6. The number of benzene rings is 2. The molecule has 0 heterocycles. The molecule has 1 aliphatic rings. The zero-order valence-corrected chi connectivity index (χ0v) is 21.4. The van der Waals surface area contributed by atoms with E-state index in [2.05, 4.69) is 35.1 Å². The molecule has 1 unspecified atom stereocenters. The first-order valence-electron chi connectivity index (χ1n) is 11.9. The van der Waals surface area contributed by atoms with Gasteiger partial charge in [0.1, 0.15) is 11.8 Å². The fraction of sp³-hybridized carbons (Fsp3) is 0.481. The normalized spacial score (nSPS) is 14.8. The summed E-state index contributed by atoms with van der Waals surface area (Å²) >= 11 is 3.55. The first-order chi connectivity index (χ1) is 15.8. The highest BCUT2D eigenvalue weighted by Gasteiger charge is 2.28. The summed E-state index contributed by atoms with van der Waals surface area (Å²) in [4.78, 5) is 27.8. The quantitative estimate of drug-likeness (QED) is 0.457. The highest BCUT2D eigenvalue weighted by Crippen LogP contribution is 2.29. The van der Waals surface area contributed by atoms with E-state index in [0.29, 0.717) is 24.6 Å². The number of amides is 2. The molecule has 0 spiro atoms. The molecule has 0 aliphatic heterocycles. The van der Waals surface area contributed by atoms with Crippen molar-refractivity contribution in [2.75, 3.05) is 13.2 Å². The van der Waals surface area contributed by atoms with E-state index in [0.717, 1.165) is 35.7 Å². The van der Waals surface area contributed by atoms with Crippen molar-refractivity contribution in [2.45, 2.75) is 70.9 Å². The van der Waals surface area contributed by atoms with Crippen LogP contribution in [0.3, 0.4) is 0 Å². The molecule has 1 N–H and O–H groups in total. The van der Waals surface area contributed by atoms with E-state index in [1.165, 1.54) is 5.56 Å². The smallest absolute Gasteiger partial charge is 0.261 e. The molecule has 2 aromatic carbocycles. The molecule has 1 fully saturated rings. The van der Waals surface area contributed by atoms with E-state index in [9.17, 15) is 9.59 Å². The largest absolute Gasteiger partial charge is 0.483 e. The number of rotatable bonds is 10. The van der Waals surface area contributed by atoms with E-state index >= 15 is 0 Å². The van der Waals surface area contributed by atoms with Crippen molar-refractivity contribution in [3.63, 3.8) is 0 Å². The maximum atomic E-state index is 13.2. The van der Waals surface area contributed by atoms with Gasteiger partial charge in [-0.05, 0) is 71.3 Å². The standard InChI is InChI=1S/C27H35BrN2O3/c1-19(2)22-13-14-25(24(28)17-22)33-18-26(31)30(16-15-21-9-5-4-6-10-21)20(3)27(32)29-23-11-7-8-12-23/h4-6,9-10,13-14,17,19-20,23H,7-8,11-12,15-16,18H2,1-3H3,(H,29,32). The Labute approximate surface area is 206 Å². The predicted molar refractivity (Wildman–Crippen MR) is 135 cm³/mol. The first kappa shape index (κ1) is 25.3. The summed E-state index contributed by atoms with van der Waals surface area (Å²) in [6.07, 6.45) is 5.00. The van der Waals surface area contributed by atoms with Crippen molar-refractivity contribution in [2.24, 2.45) is 0 Å². The summed E-state index contributed by atoms with van der Waals surface area (Å²) in [5.74, 6) is 0.745. The van der Waals surface area contributed by atoms with E-state index in [4.69, 9.17) is 4.74 Å². The van der Waals surface area contributed by atoms with E-state index < -0.39 is 6.04 Å². The molecule has 0 radical (unpaired) electrons. The number of hydrogen-bond acceptors (Lipinski definition) is 3. The van der Waals surface area contributed by atoms with Crippen molar-refractivity contribution in [1.29, 1.82) is 0 Å². The fourth-order valence-electron chi connectivity index (χ4n) is 4.18. The molecule has 2 aromatic rings. The Morgan fingerprint density at radius 3 is 2.42 bits per heavy atom. The van der Waals surface area contributed by atoms with Gasteiger partial charge in [-0.3, -0.25) is 9.59 Å². The summed E-state index contributed by atoms with van der Waals surface area (Å²) in [5.41, 5.74) is 2.33. The lowest BCUT2D eigenvalue weighted by molar-refractivity contribution is -0.141. The molecular formula is C27H35BrN2O3. The Kier molecular flexibility index (Phi) is 9.36. The lowest BCUT2D eigenvalue weighted by atomic mass is 10.0. The molecule has 0 bridgehead atoms. The molecule has 1 atom stereocenters. The second-order valence-corrected chi connectivity index (χ2v) is 9.98. The molecule has 0 saturated heterocycles. The van der Waals surface area contributed by atoms with Gasteiger partial charge in [-0.15, -0.1) is 0 Å². The van der Waals surface area contributed by atoms with Gasteiger partial charge in [0.15, 0.2) is 6.61 Å². The minimum Gasteiger partial charge on any atom is -0.483 e. The molecule has 2 amide bonds. The molecule has 5 nitrogen and oxygen atoms in total. The predicted octanol–water partition coefficient (Wildman–Crippen LogP) is 5.47. The van der Waals surface area contributed by atoms with Crippen molar-refractivity contribution in [3.8, 4) is 5.75 Å². The third-order valence-electron chi connectivity index (χ3n) is 6.33. The zero-order valence-electron chi connectivity index (χ0n) is 19.9. The minimum absolute atomic E-state index is 0.0919. The van der Waals surface area contributed by atoms with E-state index in [1.807, 2.05) is 48.5 Å². The van der Waals surface area contributed by atoms with Crippen molar-refractivity contribution in [1.82, 2.24) is 10.2 Å². The number of nitrogens with one attached hydrogen (secondary N) is 1. The summed E-state index contributed by atoms with van der Waals surface area (Å²) in [7, 11) is 0. The monoisotopic (exact) mass is 514 g/mol. The lowest BCUT2D eigenvalue weighted by Crippen LogP contribution is -2.51. The number of carbonyl (C=O) groups excluding carboxylic acids is 2. The fourth-order valence-corrected chi connectivity index (χ4v) is 4.69. The zero-order chi connectivity index (χ0) is 23.8. The maximum absolute atomic E-state index is 13.2. The Morgan fingerprint density at radius 2 is 1.79 bits per heavy atom. The minimum atomic E-state index is -0.558. The van der Waals surface area contributed by atoms with Gasteiger partial charge in [-0.2, -0.15) is 0 Å². The van der Waals surface area contributed by atoms with Gasteiger partial charge in [-0.25, -0.2) is 0 Å². The Hall–Kier alpha value is -2.34. The number of halogens is 1. The van der Waals surface area contributed by atoms with Crippen molar-refractivity contribution >= 4 is 27.7 Å². The average Bonchev–Trinajstić information content (AvgIpc) is 3.31. The summed E-state index contributed by atoms with van der Waals surface area (Å²) in [6.45, 7) is 6.41. The van der Waals surface area contributed by atoms with Crippen LogP contribution in [0.25, 0.3) is 0 Å². The summed E-state index contributed by atoms with van der Waals surface area (Å²) in [5, 5.41) is 3.13. The second kappa shape index (κ2) is 12.2. The molecule has 1 aliphatic carbocycles. The Bertz CT molecular complexity index is 926. The van der Waals surface area contributed by atoms with Crippen molar-refractivity contribution in [3.05, 3.63) is 64.1 Å². The van der Waals surface area contributed by atoms with E-state index in [1.54, 1.807) is 11.8 Å². The number of hydrogen-bond donors (Lipinski definition) is 1. The van der Waals surface area contributed by atoms with Crippen LogP contribution < -0.4 is 10.1 Å². The van der Waals surface area contributed by atoms with Crippen molar-refractivity contribution < 1.29 is 14.3 Å². The van der Waals surface area contributed by atoms with Gasteiger partial charge in [-0.1, -0.05) is 63.1 Å². The highest BCUT2D eigenvalue weighted by atomic mass is 79.9. The number of carbonyl (C=O) groups is 2. The molecule has 6 heteroatoms. The van der Waals surface area contributed by atoms with Gasteiger partial charge in [0.05, 0.1) is 4.47 Å². The summed E-state index contributed by atoms with van der Waals surface area (Å²) < 4.78 is 6.68.